The number of alkyl carbamates (subject to hydrolysis) is 1. The molecule has 1 rings (SSSR count). The zero-order chi connectivity index (χ0) is 12.2. The molecule has 0 aliphatic heterocycles. The van der Waals surface area contributed by atoms with E-state index in [0.29, 0.717) is 6.04 Å². The molecule has 0 aromatic heterocycles. The zero-order valence-electron chi connectivity index (χ0n) is 10.5. The Labute approximate surface area is 96.8 Å². The van der Waals surface area contributed by atoms with Crippen LogP contribution in [-0.4, -0.2) is 30.9 Å². The maximum atomic E-state index is 11.5. The van der Waals surface area contributed by atoms with Crippen molar-refractivity contribution in [2.24, 2.45) is 0 Å². The van der Waals surface area contributed by atoms with Crippen LogP contribution < -0.4 is 10.8 Å². The Morgan fingerprint density at radius 2 is 1.88 bits per heavy atom. The molecule has 0 radical (unpaired) electrons. The Balaban J connectivity index is 2.26. The van der Waals surface area contributed by atoms with Crippen LogP contribution in [0.3, 0.4) is 0 Å². The lowest BCUT2D eigenvalue weighted by molar-refractivity contribution is 0.0489. The van der Waals surface area contributed by atoms with E-state index in [1.165, 1.54) is 0 Å². The molecule has 1 aliphatic rings. The molecule has 5 nitrogen and oxygen atoms in total. The fourth-order valence-corrected chi connectivity index (χ4v) is 1.86. The summed E-state index contributed by atoms with van der Waals surface area (Å²) < 4.78 is 5.19. The third kappa shape index (κ3) is 4.81. The molecule has 94 valence electrons. The van der Waals surface area contributed by atoms with Crippen molar-refractivity contribution in [2.75, 3.05) is 7.11 Å². The van der Waals surface area contributed by atoms with E-state index >= 15 is 0 Å². The minimum atomic E-state index is -0.438. The number of nitrogens with one attached hydrogen (secondary N) is 2. The summed E-state index contributed by atoms with van der Waals surface area (Å²) in [6, 6.07) is 0.507. The van der Waals surface area contributed by atoms with E-state index in [9.17, 15) is 4.79 Å². The lowest BCUT2D eigenvalue weighted by Gasteiger charge is -2.21. The second-order valence-electron chi connectivity index (χ2n) is 5.18. The SMILES string of the molecule is CONC1CCC(NC(=O)OC(C)(C)C)C1. The first kappa shape index (κ1) is 13.3. The van der Waals surface area contributed by atoms with Crippen LogP contribution in [0, 0.1) is 0 Å². The highest BCUT2D eigenvalue weighted by Crippen LogP contribution is 2.19. The number of amides is 1. The molecule has 2 atom stereocenters. The van der Waals surface area contributed by atoms with Gasteiger partial charge in [-0.3, -0.25) is 0 Å². The van der Waals surface area contributed by atoms with Gasteiger partial charge in [-0.25, -0.2) is 4.79 Å². The molecule has 1 amide bonds. The quantitative estimate of drug-likeness (QED) is 0.723. The van der Waals surface area contributed by atoms with Gasteiger partial charge in [0.25, 0.3) is 0 Å². The van der Waals surface area contributed by atoms with Gasteiger partial charge in [-0.1, -0.05) is 0 Å². The second-order valence-corrected chi connectivity index (χ2v) is 5.18. The predicted molar refractivity (Wildman–Crippen MR) is 60.9 cm³/mol. The van der Waals surface area contributed by atoms with Gasteiger partial charge in [0.05, 0.1) is 7.11 Å². The minimum absolute atomic E-state index is 0.183. The molecule has 0 aromatic carbocycles. The van der Waals surface area contributed by atoms with Crippen molar-refractivity contribution in [1.82, 2.24) is 10.8 Å². The lowest BCUT2D eigenvalue weighted by atomic mass is 10.2. The van der Waals surface area contributed by atoms with Gasteiger partial charge in [0.15, 0.2) is 0 Å². The molecular weight excluding hydrogens is 208 g/mol. The highest BCUT2D eigenvalue weighted by atomic mass is 16.6. The number of hydroxylamine groups is 1. The standard InChI is InChI=1S/C11H22N2O3/c1-11(2,3)16-10(14)12-8-5-6-9(7-8)13-15-4/h8-9,13H,5-7H2,1-4H3,(H,12,14). The van der Waals surface area contributed by atoms with E-state index in [2.05, 4.69) is 10.8 Å². The maximum Gasteiger partial charge on any atom is 0.407 e. The molecule has 1 saturated carbocycles. The highest BCUT2D eigenvalue weighted by Gasteiger charge is 2.27. The van der Waals surface area contributed by atoms with Gasteiger partial charge in [0.1, 0.15) is 5.60 Å². The monoisotopic (exact) mass is 230 g/mol. The summed E-state index contributed by atoms with van der Waals surface area (Å²) in [7, 11) is 1.61. The van der Waals surface area contributed by atoms with E-state index in [1.54, 1.807) is 7.11 Å². The van der Waals surface area contributed by atoms with Gasteiger partial charge in [-0.15, -0.1) is 0 Å². The number of hydrogen-bond acceptors (Lipinski definition) is 4. The molecule has 2 N–H and O–H groups in total. The molecule has 0 bridgehead atoms. The summed E-state index contributed by atoms with van der Waals surface area (Å²) >= 11 is 0. The average molecular weight is 230 g/mol. The van der Waals surface area contributed by atoms with E-state index in [4.69, 9.17) is 9.57 Å². The molecule has 0 heterocycles. The number of carbonyl (C=O) groups excluding carboxylic acids is 1. The Morgan fingerprint density at radius 3 is 2.44 bits per heavy atom. The van der Waals surface area contributed by atoms with Crippen LogP contribution in [-0.2, 0) is 9.57 Å². The van der Waals surface area contributed by atoms with Crippen molar-refractivity contribution < 1.29 is 14.4 Å². The molecule has 0 aromatic rings. The number of hydrogen-bond donors (Lipinski definition) is 2. The first-order valence-corrected chi connectivity index (χ1v) is 5.69. The number of ether oxygens (including phenoxy) is 1. The first-order valence-electron chi connectivity index (χ1n) is 5.69. The molecule has 5 heteroatoms. The normalized spacial score (nSPS) is 25.5. The van der Waals surface area contributed by atoms with E-state index in [-0.39, 0.29) is 12.1 Å². The van der Waals surface area contributed by atoms with Crippen LogP contribution >= 0.6 is 0 Å². The van der Waals surface area contributed by atoms with Crippen LogP contribution in [0.2, 0.25) is 0 Å². The fraction of sp³-hybridized carbons (Fsp3) is 0.909. The second kappa shape index (κ2) is 5.50. The van der Waals surface area contributed by atoms with E-state index < -0.39 is 5.60 Å². The van der Waals surface area contributed by atoms with Gasteiger partial charge in [-0.05, 0) is 40.0 Å². The molecule has 1 aliphatic carbocycles. The summed E-state index contributed by atoms with van der Waals surface area (Å²) in [5.41, 5.74) is 2.47. The molecule has 0 spiro atoms. The lowest BCUT2D eigenvalue weighted by Crippen LogP contribution is -2.38. The molecule has 2 unspecified atom stereocenters. The summed E-state index contributed by atoms with van der Waals surface area (Å²) in [5.74, 6) is 0. The van der Waals surface area contributed by atoms with Gasteiger partial charge < -0.3 is 14.9 Å². The van der Waals surface area contributed by atoms with Crippen LogP contribution in [0.15, 0.2) is 0 Å². The topological polar surface area (TPSA) is 59.6 Å². The highest BCUT2D eigenvalue weighted by molar-refractivity contribution is 5.68. The van der Waals surface area contributed by atoms with Crippen molar-refractivity contribution in [1.29, 1.82) is 0 Å². The van der Waals surface area contributed by atoms with E-state index in [0.717, 1.165) is 19.3 Å². The smallest absolute Gasteiger partial charge is 0.407 e. The van der Waals surface area contributed by atoms with Crippen molar-refractivity contribution >= 4 is 6.09 Å². The van der Waals surface area contributed by atoms with Crippen LogP contribution in [0.25, 0.3) is 0 Å². The number of rotatable bonds is 3. The summed E-state index contributed by atoms with van der Waals surface area (Å²) in [6.45, 7) is 5.57. The van der Waals surface area contributed by atoms with Crippen molar-refractivity contribution in [3.05, 3.63) is 0 Å². The largest absolute Gasteiger partial charge is 0.444 e. The Bertz CT molecular complexity index is 238. The fourth-order valence-electron chi connectivity index (χ4n) is 1.86. The third-order valence-electron chi connectivity index (χ3n) is 2.44. The Morgan fingerprint density at radius 1 is 1.25 bits per heavy atom. The molecule has 1 fully saturated rings. The summed E-state index contributed by atoms with van der Waals surface area (Å²) in [4.78, 5) is 16.4. The summed E-state index contributed by atoms with van der Waals surface area (Å²) in [6.07, 6.45) is 2.51. The van der Waals surface area contributed by atoms with Gasteiger partial charge in [-0.2, -0.15) is 5.48 Å². The van der Waals surface area contributed by atoms with Crippen molar-refractivity contribution in [2.45, 2.75) is 57.7 Å². The molecular formula is C11H22N2O3. The Kier molecular flexibility index (Phi) is 4.56. The van der Waals surface area contributed by atoms with Crippen molar-refractivity contribution in [3.63, 3.8) is 0 Å². The van der Waals surface area contributed by atoms with E-state index in [1.807, 2.05) is 20.8 Å². The van der Waals surface area contributed by atoms with Crippen molar-refractivity contribution in [3.8, 4) is 0 Å². The number of carbonyl (C=O) groups is 1. The van der Waals surface area contributed by atoms with Gasteiger partial charge >= 0.3 is 6.09 Å². The predicted octanol–water partition coefficient (Wildman–Crippen LogP) is 1.58. The third-order valence-corrected chi connectivity index (χ3v) is 2.44. The van der Waals surface area contributed by atoms with Crippen LogP contribution in [0.1, 0.15) is 40.0 Å². The van der Waals surface area contributed by atoms with Crippen LogP contribution in [0.5, 0.6) is 0 Å². The summed E-state index contributed by atoms with van der Waals surface area (Å²) in [5, 5.41) is 2.87. The molecule has 0 saturated heterocycles. The first-order chi connectivity index (χ1) is 7.40. The maximum absolute atomic E-state index is 11.5. The Hall–Kier alpha value is -0.810. The molecule has 16 heavy (non-hydrogen) atoms. The zero-order valence-corrected chi connectivity index (χ0v) is 10.5. The minimum Gasteiger partial charge on any atom is -0.444 e. The van der Waals surface area contributed by atoms with Gasteiger partial charge in [0, 0.05) is 12.1 Å². The van der Waals surface area contributed by atoms with Crippen LogP contribution in [0.4, 0.5) is 4.79 Å². The average Bonchev–Trinajstić information content (AvgIpc) is 2.49. The van der Waals surface area contributed by atoms with Gasteiger partial charge in [0.2, 0.25) is 0 Å².